The van der Waals surface area contributed by atoms with Gasteiger partial charge in [0.15, 0.2) is 0 Å². The highest BCUT2D eigenvalue weighted by Gasteiger charge is 2.09. The topological polar surface area (TPSA) is 29.3 Å². The van der Waals surface area contributed by atoms with Crippen LogP contribution in [0.3, 0.4) is 0 Å². The fourth-order valence-electron chi connectivity index (χ4n) is 1.86. The predicted octanol–water partition coefficient (Wildman–Crippen LogP) is 2.24. The molecule has 0 radical (unpaired) electrons. The van der Waals surface area contributed by atoms with E-state index in [4.69, 9.17) is 5.73 Å². The average molecular weight is 220 g/mol. The van der Waals surface area contributed by atoms with Gasteiger partial charge < -0.3 is 10.6 Å². The van der Waals surface area contributed by atoms with Crippen molar-refractivity contribution in [3.05, 3.63) is 35.4 Å². The number of benzene rings is 1. The third-order valence-electron chi connectivity index (χ3n) is 3.07. The molecule has 1 aromatic carbocycles. The molecule has 16 heavy (non-hydrogen) atoms. The number of nitrogens with zero attached hydrogens (tertiary/aromatic N) is 1. The maximum absolute atomic E-state index is 5.84. The molecule has 2 nitrogen and oxygen atoms in total. The molecule has 1 aromatic rings. The largest absolute Gasteiger partial charge is 0.330 e. The highest BCUT2D eigenvalue weighted by Crippen LogP contribution is 2.19. The molecule has 2 heteroatoms. The maximum atomic E-state index is 5.84. The molecule has 0 saturated carbocycles. The monoisotopic (exact) mass is 220 g/mol. The second kappa shape index (κ2) is 6.66. The van der Waals surface area contributed by atoms with Gasteiger partial charge in [-0.2, -0.15) is 0 Å². The molecule has 1 rings (SSSR count). The standard InChI is InChI=1S/C14H24N2/c1-4-12-5-7-13(8-6-12)14(11-15)9-10-16(2)3/h5-8,14H,4,9-11,15H2,1-3H3. The zero-order chi connectivity index (χ0) is 12.0. The summed E-state index contributed by atoms with van der Waals surface area (Å²) in [6.45, 7) is 4.01. The van der Waals surface area contributed by atoms with E-state index < -0.39 is 0 Å². The Balaban J connectivity index is 2.63. The van der Waals surface area contributed by atoms with Crippen molar-refractivity contribution in [3.8, 4) is 0 Å². The molecular formula is C14H24N2. The summed E-state index contributed by atoms with van der Waals surface area (Å²) in [5.41, 5.74) is 8.61. The van der Waals surface area contributed by atoms with E-state index in [1.165, 1.54) is 11.1 Å². The van der Waals surface area contributed by atoms with Crippen LogP contribution in [-0.4, -0.2) is 32.1 Å². The Morgan fingerprint density at radius 1 is 1.19 bits per heavy atom. The van der Waals surface area contributed by atoms with E-state index in [0.717, 1.165) is 25.9 Å². The molecule has 0 aliphatic rings. The Kier molecular flexibility index (Phi) is 5.50. The van der Waals surface area contributed by atoms with E-state index in [2.05, 4.69) is 50.2 Å². The SMILES string of the molecule is CCc1ccc(C(CN)CCN(C)C)cc1. The third kappa shape index (κ3) is 3.95. The molecule has 0 fully saturated rings. The average Bonchev–Trinajstić information content (AvgIpc) is 2.30. The highest BCUT2D eigenvalue weighted by atomic mass is 15.0. The van der Waals surface area contributed by atoms with Gasteiger partial charge in [-0.3, -0.25) is 0 Å². The van der Waals surface area contributed by atoms with Crippen molar-refractivity contribution < 1.29 is 0 Å². The molecule has 1 unspecified atom stereocenters. The van der Waals surface area contributed by atoms with E-state index in [1.807, 2.05) is 0 Å². The van der Waals surface area contributed by atoms with Crippen LogP contribution in [0.15, 0.2) is 24.3 Å². The number of aryl methyl sites for hydroxylation is 1. The molecule has 2 N–H and O–H groups in total. The summed E-state index contributed by atoms with van der Waals surface area (Å²) in [5.74, 6) is 0.494. The highest BCUT2D eigenvalue weighted by molar-refractivity contribution is 5.25. The summed E-state index contributed by atoms with van der Waals surface area (Å²) in [6.07, 6.45) is 2.24. The van der Waals surface area contributed by atoms with Gasteiger partial charge >= 0.3 is 0 Å². The Labute approximate surface area is 99.5 Å². The first kappa shape index (κ1) is 13.2. The summed E-state index contributed by atoms with van der Waals surface area (Å²) in [7, 11) is 4.21. The predicted molar refractivity (Wildman–Crippen MR) is 70.8 cm³/mol. The van der Waals surface area contributed by atoms with Gasteiger partial charge in [-0.15, -0.1) is 0 Å². The van der Waals surface area contributed by atoms with Crippen LogP contribution in [0, 0.1) is 0 Å². The molecule has 0 saturated heterocycles. The van der Waals surface area contributed by atoms with Gasteiger partial charge in [0.1, 0.15) is 0 Å². The Morgan fingerprint density at radius 2 is 1.81 bits per heavy atom. The Hall–Kier alpha value is -0.860. The minimum atomic E-state index is 0.494. The van der Waals surface area contributed by atoms with Crippen LogP contribution in [0.2, 0.25) is 0 Å². The van der Waals surface area contributed by atoms with E-state index in [1.54, 1.807) is 0 Å². The minimum absolute atomic E-state index is 0.494. The van der Waals surface area contributed by atoms with Crippen LogP contribution in [-0.2, 0) is 6.42 Å². The fourth-order valence-corrected chi connectivity index (χ4v) is 1.86. The van der Waals surface area contributed by atoms with Crippen molar-refractivity contribution in [2.45, 2.75) is 25.7 Å². The molecule has 0 aromatic heterocycles. The first-order valence-corrected chi connectivity index (χ1v) is 6.11. The van der Waals surface area contributed by atoms with Crippen molar-refractivity contribution in [3.63, 3.8) is 0 Å². The Morgan fingerprint density at radius 3 is 2.25 bits per heavy atom. The van der Waals surface area contributed by atoms with Gasteiger partial charge in [-0.05, 0) is 57.1 Å². The smallest absolute Gasteiger partial charge is 0.000776 e. The van der Waals surface area contributed by atoms with Crippen LogP contribution in [0.25, 0.3) is 0 Å². The van der Waals surface area contributed by atoms with E-state index in [-0.39, 0.29) is 0 Å². The lowest BCUT2D eigenvalue weighted by molar-refractivity contribution is 0.382. The van der Waals surface area contributed by atoms with Crippen LogP contribution < -0.4 is 5.73 Å². The number of nitrogens with two attached hydrogens (primary N) is 1. The minimum Gasteiger partial charge on any atom is -0.330 e. The number of rotatable bonds is 6. The van der Waals surface area contributed by atoms with Crippen molar-refractivity contribution >= 4 is 0 Å². The van der Waals surface area contributed by atoms with Gasteiger partial charge in [0.25, 0.3) is 0 Å². The van der Waals surface area contributed by atoms with Crippen molar-refractivity contribution in [2.24, 2.45) is 5.73 Å². The van der Waals surface area contributed by atoms with Gasteiger partial charge in [0, 0.05) is 0 Å². The quantitative estimate of drug-likeness (QED) is 0.796. The molecule has 0 aliphatic carbocycles. The van der Waals surface area contributed by atoms with Gasteiger partial charge in [-0.1, -0.05) is 31.2 Å². The zero-order valence-corrected chi connectivity index (χ0v) is 10.7. The summed E-state index contributed by atoms with van der Waals surface area (Å²) in [4.78, 5) is 2.21. The maximum Gasteiger partial charge on any atom is -0.000776 e. The van der Waals surface area contributed by atoms with Crippen LogP contribution in [0.5, 0.6) is 0 Å². The normalized spacial score (nSPS) is 13.1. The molecule has 0 heterocycles. The van der Waals surface area contributed by atoms with E-state index in [9.17, 15) is 0 Å². The van der Waals surface area contributed by atoms with Gasteiger partial charge in [0.2, 0.25) is 0 Å². The third-order valence-corrected chi connectivity index (χ3v) is 3.07. The van der Waals surface area contributed by atoms with Crippen LogP contribution in [0.4, 0.5) is 0 Å². The van der Waals surface area contributed by atoms with Gasteiger partial charge in [0.05, 0.1) is 0 Å². The molecule has 0 bridgehead atoms. The Bertz CT molecular complexity index is 290. The van der Waals surface area contributed by atoms with E-state index in [0.29, 0.717) is 5.92 Å². The zero-order valence-electron chi connectivity index (χ0n) is 10.7. The van der Waals surface area contributed by atoms with Crippen molar-refractivity contribution in [1.29, 1.82) is 0 Å². The molecule has 90 valence electrons. The first-order chi connectivity index (χ1) is 7.67. The first-order valence-electron chi connectivity index (χ1n) is 6.11. The van der Waals surface area contributed by atoms with E-state index >= 15 is 0 Å². The lowest BCUT2D eigenvalue weighted by atomic mass is 9.94. The molecule has 0 aliphatic heterocycles. The van der Waals surface area contributed by atoms with Crippen molar-refractivity contribution in [1.82, 2.24) is 4.90 Å². The number of hydrogen-bond acceptors (Lipinski definition) is 2. The lowest BCUT2D eigenvalue weighted by Gasteiger charge is -2.18. The summed E-state index contributed by atoms with van der Waals surface area (Å²) in [5, 5.41) is 0. The molecule has 0 spiro atoms. The summed E-state index contributed by atoms with van der Waals surface area (Å²) < 4.78 is 0. The molecule has 1 atom stereocenters. The summed E-state index contributed by atoms with van der Waals surface area (Å²) in [6, 6.07) is 8.89. The molecular weight excluding hydrogens is 196 g/mol. The summed E-state index contributed by atoms with van der Waals surface area (Å²) >= 11 is 0. The number of hydrogen-bond donors (Lipinski definition) is 1. The van der Waals surface area contributed by atoms with Crippen molar-refractivity contribution in [2.75, 3.05) is 27.2 Å². The molecule has 0 amide bonds. The fraction of sp³-hybridized carbons (Fsp3) is 0.571. The van der Waals surface area contributed by atoms with Crippen LogP contribution in [0.1, 0.15) is 30.4 Å². The second-order valence-corrected chi connectivity index (χ2v) is 4.62. The van der Waals surface area contributed by atoms with Crippen LogP contribution >= 0.6 is 0 Å². The lowest BCUT2D eigenvalue weighted by Crippen LogP contribution is -2.20. The van der Waals surface area contributed by atoms with Gasteiger partial charge in [-0.25, -0.2) is 0 Å². The second-order valence-electron chi connectivity index (χ2n) is 4.62.